The fourth-order valence-corrected chi connectivity index (χ4v) is 3.87. The van der Waals surface area contributed by atoms with Gasteiger partial charge < -0.3 is 19.3 Å². The van der Waals surface area contributed by atoms with Crippen LogP contribution in [0.1, 0.15) is 53.9 Å². The van der Waals surface area contributed by atoms with Crippen molar-refractivity contribution in [1.29, 1.82) is 0 Å². The summed E-state index contributed by atoms with van der Waals surface area (Å²) in [5.41, 5.74) is 2.71. The summed E-state index contributed by atoms with van der Waals surface area (Å²) in [5.74, 6) is 1.57. The molecule has 0 aromatic heterocycles. The van der Waals surface area contributed by atoms with E-state index in [2.05, 4.69) is 4.74 Å². The number of hydrogen-bond acceptors (Lipinski definition) is 5. The summed E-state index contributed by atoms with van der Waals surface area (Å²) >= 11 is 0. The lowest BCUT2D eigenvalue weighted by Crippen LogP contribution is -2.16. The number of carbonyl (C=O) groups excluding carboxylic acids is 1. The molecule has 1 fully saturated rings. The van der Waals surface area contributed by atoms with Crippen LogP contribution in [0, 0.1) is 0 Å². The zero-order valence-electron chi connectivity index (χ0n) is 12.5. The number of benzene rings is 1. The van der Waals surface area contributed by atoms with Gasteiger partial charge in [-0.25, -0.2) is 4.79 Å². The first-order valence-corrected chi connectivity index (χ1v) is 7.16. The van der Waals surface area contributed by atoms with Crippen molar-refractivity contribution in [2.75, 3.05) is 21.3 Å². The van der Waals surface area contributed by atoms with Crippen molar-refractivity contribution in [3.8, 4) is 11.5 Å². The van der Waals surface area contributed by atoms with Gasteiger partial charge in [0.2, 0.25) is 0 Å². The van der Waals surface area contributed by atoms with Gasteiger partial charge in [0, 0.05) is 16.7 Å². The number of esters is 1. The third-order valence-electron chi connectivity index (χ3n) is 4.74. The number of carbonyl (C=O) groups is 1. The first-order valence-electron chi connectivity index (χ1n) is 7.16. The van der Waals surface area contributed by atoms with E-state index in [9.17, 15) is 9.90 Å². The van der Waals surface area contributed by atoms with Gasteiger partial charge in [-0.1, -0.05) is 0 Å². The molecule has 0 amide bonds. The van der Waals surface area contributed by atoms with E-state index in [1.165, 1.54) is 12.7 Å². The van der Waals surface area contributed by atoms with Crippen molar-refractivity contribution >= 4 is 5.97 Å². The van der Waals surface area contributed by atoms with E-state index in [1.54, 1.807) is 20.3 Å². The maximum atomic E-state index is 11.7. The third-order valence-corrected chi connectivity index (χ3v) is 4.74. The number of rotatable bonds is 4. The molecule has 3 atom stereocenters. The number of fused-ring (bicyclic) bond motifs is 5. The minimum absolute atomic E-state index is 0.424. The van der Waals surface area contributed by atoms with Crippen LogP contribution in [0.5, 0.6) is 11.5 Å². The second-order valence-electron chi connectivity index (χ2n) is 5.66. The van der Waals surface area contributed by atoms with Crippen molar-refractivity contribution in [3.63, 3.8) is 0 Å². The van der Waals surface area contributed by atoms with E-state index in [1.807, 2.05) is 0 Å². The highest BCUT2D eigenvalue weighted by Crippen LogP contribution is 2.59. The third kappa shape index (κ3) is 1.99. The number of ether oxygens (including phenoxy) is 3. The Morgan fingerprint density at radius 3 is 2.43 bits per heavy atom. The molecule has 0 radical (unpaired) electrons. The highest BCUT2D eigenvalue weighted by atomic mass is 16.5. The van der Waals surface area contributed by atoms with Gasteiger partial charge >= 0.3 is 5.97 Å². The van der Waals surface area contributed by atoms with Crippen LogP contribution < -0.4 is 9.47 Å². The maximum absolute atomic E-state index is 11.7. The van der Waals surface area contributed by atoms with Gasteiger partial charge in [-0.2, -0.15) is 0 Å². The van der Waals surface area contributed by atoms with Crippen molar-refractivity contribution in [2.24, 2.45) is 0 Å². The Morgan fingerprint density at radius 2 is 1.86 bits per heavy atom. The highest BCUT2D eigenvalue weighted by Gasteiger charge is 2.43. The van der Waals surface area contributed by atoms with Gasteiger partial charge in [0.1, 0.15) is 11.5 Å². The summed E-state index contributed by atoms with van der Waals surface area (Å²) < 4.78 is 15.7. The Hall–Kier alpha value is -1.75. The SMILES string of the molecule is COC(=O)C(O)c1cc(OC)c2c(c1OC)C1CCC2C1. The molecule has 0 aliphatic heterocycles. The van der Waals surface area contributed by atoms with Gasteiger partial charge in [0.05, 0.1) is 21.3 Å². The van der Waals surface area contributed by atoms with Crippen molar-refractivity contribution in [2.45, 2.75) is 37.2 Å². The Labute approximate surface area is 123 Å². The van der Waals surface area contributed by atoms with Crippen LogP contribution >= 0.6 is 0 Å². The largest absolute Gasteiger partial charge is 0.496 e. The quantitative estimate of drug-likeness (QED) is 0.862. The smallest absolute Gasteiger partial charge is 0.339 e. The van der Waals surface area contributed by atoms with Crippen molar-refractivity contribution in [3.05, 3.63) is 22.8 Å². The summed E-state index contributed by atoms with van der Waals surface area (Å²) in [5, 5.41) is 10.2. The Kier molecular flexibility index (Phi) is 3.53. The first-order chi connectivity index (χ1) is 10.1. The van der Waals surface area contributed by atoms with E-state index in [-0.39, 0.29) is 0 Å². The Bertz CT molecular complexity index is 581. The average Bonchev–Trinajstić information content (AvgIpc) is 3.13. The molecular weight excluding hydrogens is 272 g/mol. The molecule has 3 unspecified atom stereocenters. The zero-order chi connectivity index (χ0) is 15.1. The van der Waals surface area contributed by atoms with Gasteiger partial charge in [-0.15, -0.1) is 0 Å². The predicted molar refractivity (Wildman–Crippen MR) is 75.9 cm³/mol. The molecular formula is C16H20O5. The van der Waals surface area contributed by atoms with Crippen LogP contribution in [0.15, 0.2) is 6.07 Å². The Morgan fingerprint density at radius 1 is 1.19 bits per heavy atom. The first kappa shape index (κ1) is 14.2. The van der Waals surface area contributed by atoms with Crippen LogP contribution in [0.3, 0.4) is 0 Å². The van der Waals surface area contributed by atoms with Crippen LogP contribution in [0.4, 0.5) is 0 Å². The molecule has 2 aliphatic carbocycles. The lowest BCUT2D eigenvalue weighted by atomic mass is 9.87. The summed E-state index contributed by atoms with van der Waals surface area (Å²) in [6.07, 6.45) is 2.02. The lowest BCUT2D eigenvalue weighted by Gasteiger charge is -2.24. The summed E-state index contributed by atoms with van der Waals surface area (Å²) in [6, 6.07) is 1.71. The van der Waals surface area contributed by atoms with Crippen LogP contribution in [0.25, 0.3) is 0 Å². The van der Waals surface area contributed by atoms with Crippen molar-refractivity contribution < 1.29 is 24.1 Å². The molecule has 0 heterocycles. The summed E-state index contributed by atoms with van der Waals surface area (Å²) in [6.45, 7) is 0. The molecule has 0 saturated heterocycles. The fourth-order valence-electron chi connectivity index (χ4n) is 3.87. The number of aliphatic hydroxyl groups excluding tert-OH is 1. The predicted octanol–water partition coefficient (Wildman–Crippen LogP) is 2.27. The van der Waals surface area contributed by atoms with Gasteiger partial charge in [-0.05, 0) is 37.2 Å². The van der Waals surface area contributed by atoms with Gasteiger partial charge in [-0.3, -0.25) is 0 Å². The molecule has 2 bridgehead atoms. The molecule has 5 heteroatoms. The average molecular weight is 292 g/mol. The van der Waals surface area contributed by atoms with E-state index in [0.29, 0.717) is 23.1 Å². The lowest BCUT2D eigenvalue weighted by molar-refractivity contribution is -0.150. The molecule has 21 heavy (non-hydrogen) atoms. The second-order valence-corrected chi connectivity index (χ2v) is 5.66. The van der Waals surface area contributed by atoms with E-state index in [4.69, 9.17) is 9.47 Å². The molecule has 3 rings (SSSR count). The maximum Gasteiger partial charge on any atom is 0.339 e. The van der Waals surface area contributed by atoms with E-state index >= 15 is 0 Å². The summed E-state index contributed by atoms with van der Waals surface area (Å²) in [4.78, 5) is 11.7. The van der Waals surface area contributed by atoms with Crippen LogP contribution in [0.2, 0.25) is 0 Å². The zero-order valence-corrected chi connectivity index (χ0v) is 12.5. The molecule has 5 nitrogen and oxygen atoms in total. The van der Waals surface area contributed by atoms with Crippen LogP contribution in [-0.4, -0.2) is 32.4 Å². The molecule has 1 aromatic carbocycles. The molecule has 114 valence electrons. The number of methoxy groups -OCH3 is 3. The molecule has 0 spiro atoms. The standard InChI is InChI=1S/C16H20O5/c1-19-11-7-10(14(17)16(18)21-3)15(20-2)13-9-5-4-8(6-9)12(11)13/h7-9,14,17H,4-6H2,1-3H3. The molecule has 1 aromatic rings. The normalized spacial score (nSPS) is 23.6. The molecule has 1 saturated carbocycles. The number of hydrogen-bond donors (Lipinski definition) is 1. The van der Waals surface area contributed by atoms with E-state index in [0.717, 1.165) is 30.6 Å². The number of aliphatic hydroxyl groups is 1. The van der Waals surface area contributed by atoms with Crippen molar-refractivity contribution in [1.82, 2.24) is 0 Å². The molecule has 2 aliphatic rings. The monoisotopic (exact) mass is 292 g/mol. The Balaban J connectivity index is 2.18. The fraction of sp³-hybridized carbons (Fsp3) is 0.562. The van der Waals surface area contributed by atoms with Gasteiger partial charge in [0.25, 0.3) is 0 Å². The molecule has 1 N–H and O–H groups in total. The minimum Gasteiger partial charge on any atom is -0.496 e. The minimum atomic E-state index is -1.36. The van der Waals surface area contributed by atoms with Crippen LogP contribution in [-0.2, 0) is 9.53 Å². The summed E-state index contributed by atoms with van der Waals surface area (Å²) in [7, 11) is 4.44. The van der Waals surface area contributed by atoms with E-state index < -0.39 is 12.1 Å². The van der Waals surface area contributed by atoms with Gasteiger partial charge in [0.15, 0.2) is 6.10 Å². The highest BCUT2D eigenvalue weighted by molar-refractivity contribution is 5.78. The second kappa shape index (κ2) is 5.22. The topological polar surface area (TPSA) is 65.0 Å².